The van der Waals surface area contributed by atoms with E-state index in [4.69, 9.17) is 39.4 Å². The summed E-state index contributed by atoms with van der Waals surface area (Å²) < 4.78 is 68.6. The molecule has 0 bridgehead atoms. The molecule has 1 aliphatic heterocycles. The standard InChI is InChI=1S/C23H23ClFN2O8P.CH2F2/c1-30-14-3-7-16(8-4-14)34-36(35-17-9-5-15(31-2)6-10-17)32-13-20-19(25)11-21(33-20)27-12-18(24)22(28)26-23(27)29;2-1-3/h3-10,12,19-21H,11,13H2,1-2H3,(H,26,28,29);1H2. The van der Waals surface area contributed by atoms with Gasteiger partial charge in [0.05, 0.1) is 20.8 Å². The summed E-state index contributed by atoms with van der Waals surface area (Å²) in [6, 6.07) is 13.6. The van der Waals surface area contributed by atoms with Gasteiger partial charge in [-0.2, -0.15) is 0 Å². The second-order valence-electron chi connectivity index (χ2n) is 7.68. The fourth-order valence-corrected chi connectivity index (χ4v) is 4.49. The summed E-state index contributed by atoms with van der Waals surface area (Å²) in [5, 5.41) is -0.211. The van der Waals surface area contributed by atoms with E-state index < -0.39 is 45.3 Å². The number of nitrogens with one attached hydrogen (secondary N) is 1. The number of aromatic nitrogens is 2. The molecule has 3 atom stereocenters. The predicted molar refractivity (Wildman–Crippen MR) is 137 cm³/mol. The van der Waals surface area contributed by atoms with Crippen molar-refractivity contribution in [2.45, 2.75) is 24.9 Å². The average Bonchev–Trinajstić information content (AvgIpc) is 3.30. The number of alkyl halides is 3. The van der Waals surface area contributed by atoms with Crippen LogP contribution in [-0.4, -0.2) is 49.6 Å². The van der Waals surface area contributed by atoms with Gasteiger partial charge < -0.3 is 23.3 Å². The smallest absolute Gasteiger partial charge is 0.463 e. The molecule has 15 heteroatoms. The Morgan fingerprint density at radius 2 is 1.46 bits per heavy atom. The Balaban J connectivity index is 0.00000134. The molecule has 0 radical (unpaired) electrons. The summed E-state index contributed by atoms with van der Waals surface area (Å²) in [5.41, 5.74) is -1.49. The molecule has 2 heterocycles. The summed E-state index contributed by atoms with van der Waals surface area (Å²) in [6.07, 6.45) is -2.45. The maximum Gasteiger partial charge on any atom is 0.463 e. The van der Waals surface area contributed by atoms with Gasteiger partial charge in [-0.05, 0) is 48.5 Å². The highest BCUT2D eigenvalue weighted by Gasteiger charge is 2.38. The van der Waals surface area contributed by atoms with E-state index in [0.29, 0.717) is 23.0 Å². The van der Waals surface area contributed by atoms with Crippen molar-refractivity contribution < 1.29 is 41.0 Å². The quantitative estimate of drug-likeness (QED) is 0.323. The molecule has 4 rings (SSSR count). The lowest BCUT2D eigenvalue weighted by molar-refractivity contribution is -0.0317. The molecule has 1 fully saturated rings. The first-order valence-corrected chi connectivity index (χ1v) is 12.7. The van der Waals surface area contributed by atoms with Crippen molar-refractivity contribution in [3.63, 3.8) is 0 Å². The zero-order valence-electron chi connectivity index (χ0n) is 20.7. The Bertz CT molecular complexity index is 1250. The zero-order valence-corrected chi connectivity index (χ0v) is 22.4. The number of rotatable bonds is 10. The molecule has 10 nitrogen and oxygen atoms in total. The SMILES string of the molecule is COc1ccc(OP(OCC2OC(n3cc(Cl)c(=O)[nH]c3=O)CC2F)Oc2ccc(OC)cc2)cc1.FCF. The van der Waals surface area contributed by atoms with Crippen LogP contribution in [-0.2, 0) is 9.26 Å². The molecule has 212 valence electrons. The lowest BCUT2D eigenvalue weighted by Crippen LogP contribution is -2.32. The van der Waals surface area contributed by atoms with Crippen LogP contribution >= 0.6 is 20.2 Å². The second kappa shape index (κ2) is 14.8. The van der Waals surface area contributed by atoms with Gasteiger partial charge in [0.2, 0.25) is 6.93 Å². The van der Waals surface area contributed by atoms with E-state index in [1.54, 1.807) is 62.8 Å². The van der Waals surface area contributed by atoms with Crippen molar-refractivity contribution in [2.24, 2.45) is 0 Å². The summed E-state index contributed by atoms with van der Waals surface area (Å²) in [7, 11) is 1.08. The Hall–Kier alpha value is -3.25. The highest BCUT2D eigenvalue weighted by atomic mass is 35.5. The first-order chi connectivity index (χ1) is 18.8. The van der Waals surface area contributed by atoms with Gasteiger partial charge in [0.15, 0.2) is 0 Å². The number of halogens is 4. The Kier molecular flexibility index (Phi) is 11.5. The molecule has 1 aliphatic rings. The molecule has 39 heavy (non-hydrogen) atoms. The molecule has 1 saturated heterocycles. The van der Waals surface area contributed by atoms with E-state index in [9.17, 15) is 22.8 Å². The summed E-state index contributed by atoms with van der Waals surface area (Å²) in [4.78, 5) is 25.7. The number of aromatic amines is 1. The van der Waals surface area contributed by atoms with Gasteiger partial charge in [0, 0.05) is 12.6 Å². The van der Waals surface area contributed by atoms with Crippen LogP contribution in [0.15, 0.2) is 64.3 Å². The number of methoxy groups -OCH3 is 2. The topological polar surface area (TPSA) is 110 Å². The maximum absolute atomic E-state index is 14.8. The van der Waals surface area contributed by atoms with Crippen LogP contribution in [0.5, 0.6) is 23.0 Å². The molecular formula is C24H25ClF3N2O8P. The van der Waals surface area contributed by atoms with Crippen LogP contribution < -0.4 is 29.8 Å². The number of benzene rings is 2. The van der Waals surface area contributed by atoms with E-state index in [1.165, 1.54) is 0 Å². The zero-order chi connectivity index (χ0) is 28.4. The predicted octanol–water partition coefficient (Wildman–Crippen LogP) is 5.12. The minimum Gasteiger partial charge on any atom is -0.497 e. The molecule has 0 saturated carbocycles. The lowest BCUT2D eigenvalue weighted by atomic mass is 10.2. The Morgan fingerprint density at radius 3 is 1.95 bits per heavy atom. The van der Waals surface area contributed by atoms with Crippen LogP contribution in [0.4, 0.5) is 13.2 Å². The van der Waals surface area contributed by atoms with Crippen molar-refractivity contribution in [1.82, 2.24) is 9.55 Å². The summed E-state index contributed by atoms with van der Waals surface area (Å²) in [6.45, 7) is -1.97. The van der Waals surface area contributed by atoms with Crippen LogP contribution in [0.1, 0.15) is 12.6 Å². The van der Waals surface area contributed by atoms with Crippen LogP contribution in [0.25, 0.3) is 0 Å². The molecule has 0 spiro atoms. The Morgan fingerprint density at radius 1 is 0.974 bits per heavy atom. The van der Waals surface area contributed by atoms with Crippen molar-refractivity contribution in [3.8, 4) is 23.0 Å². The molecule has 3 aromatic rings. The van der Waals surface area contributed by atoms with Crippen molar-refractivity contribution >= 4 is 20.2 Å². The Labute approximate surface area is 227 Å². The van der Waals surface area contributed by atoms with Gasteiger partial charge in [-0.3, -0.25) is 18.9 Å². The minimum atomic E-state index is -2.03. The van der Waals surface area contributed by atoms with Gasteiger partial charge in [-0.25, -0.2) is 18.0 Å². The number of H-pyrrole nitrogens is 1. The van der Waals surface area contributed by atoms with Crippen molar-refractivity contribution in [1.29, 1.82) is 0 Å². The van der Waals surface area contributed by atoms with E-state index in [-0.39, 0.29) is 18.1 Å². The van der Waals surface area contributed by atoms with Crippen molar-refractivity contribution in [3.05, 3.63) is 80.6 Å². The van der Waals surface area contributed by atoms with Crippen LogP contribution in [0, 0.1) is 0 Å². The third-order valence-electron chi connectivity index (χ3n) is 5.22. The number of hydrogen-bond acceptors (Lipinski definition) is 8. The highest BCUT2D eigenvalue weighted by Crippen LogP contribution is 2.43. The largest absolute Gasteiger partial charge is 0.497 e. The monoisotopic (exact) mass is 592 g/mol. The first-order valence-electron chi connectivity index (χ1n) is 11.3. The number of nitrogens with zero attached hydrogens (tertiary/aromatic N) is 1. The molecule has 0 amide bonds. The summed E-state index contributed by atoms with van der Waals surface area (Å²) >= 11 is 5.81. The lowest BCUT2D eigenvalue weighted by Gasteiger charge is -2.20. The van der Waals surface area contributed by atoms with Gasteiger partial charge in [-0.1, -0.05) is 11.6 Å². The van der Waals surface area contributed by atoms with Gasteiger partial charge >= 0.3 is 14.3 Å². The third kappa shape index (κ3) is 8.62. The van der Waals surface area contributed by atoms with E-state index in [1.807, 2.05) is 0 Å². The summed E-state index contributed by atoms with van der Waals surface area (Å²) in [5.74, 6) is 2.19. The molecule has 0 aliphatic carbocycles. The fraction of sp³-hybridized carbons (Fsp3) is 0.333. The van der Waals surface area contributed by atoms with Gasteiger partial charge in [-0.15, -0.1) is 0 Å². The molecule has 1 aromatic heterocycles. The normalized spacial score (nSPS) is 18.3. The fourth-order valence-electron chi connectivity index (χ4n) is 3.34. The van der Waals surface area contributed by atoms with Crippen molar-refractivity contribution in [2.75, 3.05) is 27.8 Å². The van der Waals surface area contributed by atoms with E-state index in [2.05, 4.69) is 4.98 Å². The second-order valence-corrected chi connectivity index (χ2v) is 9.16. The maximum atomic E-state index is 14.8. The van der Waals surface area contributed by atoms with E-state index in [0.717, 1.165) is 10.8 Å². The number of hydrogen-bond donors (Lipinski definition) is 1. The highest BCUT2D eigenvalue weighted by molar-refractivity contribution is 7.42. The van der Waals surface area contributed by atoms with E-state index >= 15 is 0 Å². The molecule has 1 N–H and O–H groups in total. The van der Waals surface area contributed by atoms with Gasteiger partial charge in [0.1, 0.15) is 46.5 Å². The van der Waals surface area contributed by atoms with Crippen LogP contribution in [0.3, 0.4) is 0 Å². The number of ether oxygens (including phenoxy) is 3. The first kappa shape index (κ1) is 30.3. The van der Waals surface area contributed by atoms with Gasteiger partial charge in [0.25, 0.3) is 5.56 Å². The molecule has 3 unspecified atom stereocenters. The molecule has 2 aromatic carbocycles. The van der Waals surface area contributed by atoms with Crippen LogP contribution in [0.2, 0.25) is 5.02 Å². The average molecular weight is 593 g/mol. The molecular weight excluding hydrogens is 568 g/mol. The minimum absolute atomic E-state index is 0.132. The third-order valence-corrected chi connectivity index (χ3v) is 6.57.